The van der Waals surface area contributed by atoms with E-state index < -0.39 is 10.0 Å². The van der Waals surface area contributed by atoms with Gasteiger partial charge in [-0.2, -0.15) is 0 Å². The molecule has 2 aromatic carbocycles. The van der Waals surface area contributed by atoms with Crippen molar-refractivity contribution < 1.29 is 13.2 Å². The van der Waals surface area contributed by atoms with Gasteiger partial charge in [-0.15, -0.1) is 0 Å². The lowest BCUT2D eigenvalue weighted by Gasteiger charge is -2.17. The highest BCUT2D eigenvalue weighted by Crippen LogP contribution is 2.35. The molecule has 0 amide bonds. The second-order valence-electron chi connectivity index (χ2n) is 6.26. The normalized spacial score (nSPS) is 18.3. The third-order valence-corrected chi connectivity index (χ3v) is 6.36. The van der Waals surface area contributed by atoms with Gasteiger partial charge in [-0.05, 0) is 62.5 Å². The Balaban J connectivity index is 1.88. The van der Waals surface area contributed by atoms with Crippen LogP contribution in [0.3, 0.4) is 0 Å². The number of anilines is 1. The van der Waals surface area contributed by atoms with Crippen LogP contribution in [-0.4, -0.2) is 40.6 Å². The van der Waals surface area contributed by atoms with Gasteiger partial charge in [0.25, 0.3) is 10.0 Å². The molecule has 0 spiro atoms. The summed E-state index contributed by atoms with van der Waals surface area (Å²) in [5.74, 6) is 1.14. The average Bonchev–Trinajstić information content (AvgIpc) is 3.01. The molecule has 1 aliphatic rings. The minimum absolute atomic E-state index is 0.230. The van der Waals surface area contributed by atoms with Gasteiger partial charge in [0.2, 0.25) is 0 Å². The number of ether oxygens (including phenoxy) is 1. The number of methoxy groups -OCH3 is 1. The number of likely N-dealkylation sites (tertiary alicyclic amines) is 1. The van der Waals surface area contributed by atoms with Crippen molar-refractivity contribution in [3.63, 3.8) is 0 Å². The zero-order valence-corrected chi connectivity index (χ0v) is 16.6. The number of hydrogen-bond donors (Lipinski definition) is 1. The monoisotopic (exact) mass is 424 g/mol. The average molecular weight is 425 g/mol. The van der Waals surface area contributed by atoms with Crippen molar-refractivity contribution in [3.05, 3.63) is 52.5 Å². The summed E-state index contributed by atoms with van der Waals surface area (Å²) in [7, 11) is 0.109. The maximum Gasteiger partial charge on any atom is 0.261 e. The summed E-state index contributed by atoms with van der Waals surface area (Å²) in [5.41, 5.74) is 1.59. The van der Waals surface area contributed by atoms with E-state index in [1.165, 1.54) is 0 Å². The van der Waals surface area contributed by atoms with Crippen LogP contribution < -0.4 is 9.46 Å². The van der Waals surface area contributed by atoms with Crippen molar-refractivity contribution >= 4 is 31.6 Å². The lowest BCUT2D eigenvalue weighted by Crippen LogP contribution is -2.15. The van der Waals surface area contributed by atoms with E-state index in [0.29, 0.717) is 11.6 Å². The summed E-state index contributed by atoms with van der Waals surface area (Å²) >= 11 is 3.31. The summed E-state index contributed by atoms with van der Waals surface area (Å²) < 4.78 is 34.2. The predicted octanol–water partition coefficient (Wildman–Crippen LogP) is 3.68. The zero-order chi connectivity index (χ0) is 18.0. The standard InChI is InChI=1S/C18H21BrN2O3S/c1-21-10-9-13(12-21)17-11-15(5-8-18(17)24-2)20-25(22,23)16-6-3-14(19)4-7-16/h3-8,11,13,20H,9-10,12H2,1-2H3. The van der Waals surface area contributed by atoms with E-state index in [2.05, 4.69) is 32.6 Å². The van der Waals surface area contributed by atoms with Gasteiger partial charge < -0.3 is 9.64 Å². The molecule has 134 valence electrons. The third kappa shape index (κ3) is 4.16. The number of likely N-dealkylation sites (N-methyl/N-ethyl adjacent to an activating group) is 1. The predicted molar refractivity (Wildman–Crippen MR) is 103 cm³/mol. The van der Waals surface area contributed by atoms with Crippen LogP contribution in [-0.2, 0) is 10.0 Å². The maximum atomic E-state index is 12.6. The summed E-state index contributed by atoms with van der Waals surface area (Å²) in [6.07, 6.45) is 1.04. The molecule has 0 saturated carbocycles. The Kier molecular flexibility index (Phi) is 5.36. The van der Waals surface area contributed by atoms with Crippen molar-refractivity contribution in [3.8, 4) is 5.75 Å². The molecule has 1 atom stereocenters. The summed E-state index contributed by atoms with van der Waals surface area (Å²) in [4.78, 5) is 2.50. The fourth-order valence-electron chi connectivity index (χ4n) is 3.13. The van der Waals surface area contributed by atoms with Gasteiger partial charge in [0.15, 0.2) is 0 Å². The summed E-state index contributed by atoms with van der Waals surface area (Å²) in [6, 6.07) is 12.0. The number of nitrogens with zero attached hydrogens (tertiary/aromatic N) is 1. The topological polar surface area (TPSA) is 58.6 Å². The molecule has 0 aliphatic carbocycles. The highest BCUT2D eigenvalue weighted by molar-refractivity contribution is 9.10. The number of benzene rings is 2. The van der Waals surface area contributed by atoms with Crippen molar-refractivity contribution in [2.75, 3.05) is 32.0 Å². The number of sulfonamides is 1. The van der Waals surface area contributed by atoms with E-state index in [-0.39, 0.29) is 4.90 Å². The Morgan fingerprint density at radius 3 is 2.52 bits per heavy atom. The van der Waals surface area contributed by atoms with E-state index in [1.807, 2.05) is 12.1 Å². The van der Waals surface area contributed by atoms with Gasteiger partial charge in [0.05, 0.1) is 12.0 Å². The van der Waals surface area contributed by atoms with E-state index in [9.17, 15) is 8.42 Å². The second kappa shape index (κ2) is 7.35. The van der Waals surface area contributed by atoms with Gasteiger partial charge in [0, 0.05) is 28.2 Å². The smallest absolute Gasteiger partial charge is 0.261 e. The molecule has 5 nitrogen and oxygen atoms in total. The molecule has 0 bridgehead atoms. The molecule has 7 heteroatoms. The second-order valence-corrected chi connectivity index (χ2v) is 8.86. The van der Waals surface area contributed by atoms with Crippen LogP contribution in [0.4, 0.5) is 5.69 Å². The van der Waals surface area contributed by atoms with Crippen LogP contribution >= 0.6 is 15.9 Å². The molecule has 1 saturated heterocycles. The number of halogens is 1. The maximum absolute atomic E-state index is 12.6. The van der Waals surface area contributed by atoms with Gasteiger partial charge >= 0.3 is 0 Å². The van der Waals surface area contributed by atoms with Crippen molar-refractivity contribution in [2.45, 2.75) is 17.2 Å². The molecule has 1 heterocycles. The van der Waals surface area contributed by atoms with Crippen LogP contribution in [0.5, 0.6) is 5.75 Å². The molecule has 2 aromatic rings. The first-order chi connectivity index (χ1) is 11.9. The lowest BCUT2D eigenvalue weighted by molar-refractivity contribution is 0.395. The molecule has 1 aliphatic heterocycles. The molecule has 3 rings (SSSR count). The molecule has 1 N–H and O–H groups in total. The van der Waals surface area contributed by atoms with Crippen LogP contribution in [0.2, 0.25) is 0 Å². The fourth-order valence-corrected chi connectivity index (χ4v) is 4.45. The van der Waals surface area contributed by atoms with Crippen LogP contribution in [0, 0.1) is 0 Å². The van der Waals surface area contributed by atoms with E-state index >= 15 is 0 Å². The van der Waals surface area contributed by atoms with Gasteiger partial charge in [-0.25, -0.2) is 8.42 Å². The Hall–Kier alpha value is -1.57. The minimum atomic E-state index is -3.62. The quantitative estimate of drug-likeness (QED) is 0.794. The first-order valence-corrected chi connectivity index (χ1v) is 10.3. The number of nitrogens with one attached hydrogen (secondary N) is 1. The first kappa shape index (κ1) is 18.2. The van der Waals surface area contributed by atoms with Gasteiger partial charge in [-0.3, -0.25) is 4.72 Å². The van der Waals surface area contributed by atoms with Gasteiger partial charge in [0.1, 0.15) is 5.75 Å². The Morgan fingerprint density at radius 1 is 1.20 bits per heavy atom. The van der Waals surface area contributed by atoms with Crippen LogP contribution in [0.15, 0.2) is 51.8 Å². The molecule has 0 aromatic heterocycles. The summed E-state index contributed by atoms with van der Waals surface area (Å²) in [6.45, 7) is 1.97. The first-order valence-electron chi connectivity index (χ1n) is 8.04. The molecule has 25 heavy (non-hydrogen) atoms. The Morgan fingerprint density at radius 2 is 1.92 bits per heavy atom. The van der Waals surface area contributed by atoms with Crippen LogP contribution in [0.25, 0.3) is 0 Å². The highest BCUT2D eigenvalue weighted by Gasteiger charge is 2.25. The van der Waals surface area contributed by atoms with Crippen molar-refractivity contribution in [2.24, 2.45) is 0 Å². The SMILES string of the molecule is COc1ccc(NS(=O)(=O)c2ccc(Br)cc2)cc1C1CCN(C)C1. The van der Waals surface area contributed by atoms with E-state index in [0.717, 1.165) is 35.3 Å². The highest BCUT2D eigenvalue weighted by atomic mass is 79.9. The Labute approximate surface area is 157 Å². The largest absolute Gasteiger partial charge is 0.496 e. The van der Waals surface area contributed by atoms with E-state index in [4.69, 9.17) is 4.74 Å². The molecular weight excluding hydrogens is 404 g/mol. The molecular formula is C18H21BrN2O3S. The van der Waals surface area contributed by atoms with Crippen LogP contribution in [0.1, 0.15) is 17.9 Å². The summed E-state index contributed by atoms with van der Waals surface area (Å²) in [5, 5.41) is 0. The third-order valence-electron chi connectivity index (χ3n) is 4.44. The minimum Gasteiger partial charge on any atom is -0.496 e. The van der Waals surface area contributed by atoms with E-state index in [1.54, 1.807) is 37.4 Å². The molecule has 0 radical (unpaired) electrons. The number of hydrogen-bond acceptors (Lipinski definition) is 4. The number of rotatable bonds is 5. The van der Waals surface area contributed by atoms with Gasteiger partial charge in [-0.1, -0.05) is 15.9 Å². The Bertz CT molecular complexity index is 853. The fraction of sp³-hybridized carbons (Fsp3) is 0.333. The molecule has 1 fully saturated rings. The van der Waals surface area contributed by atoms with Crippen molar-refractivity contribution in [1.29, 1.82) is 0 Å². The molecule has 1 unspecified atom stereocenters. The zero-order valence-electron chi connectivity index (χ0n) is 14.2. The van der Waals surface area contributed by atoms with Crippen molar-refractivity contribution in [1.82, 2.24) is 4.90 Å². The lowest BCUT2D eigenvalue weighted by atomic mass is 9.97.